The first-order valence-corrected chi connectivity index (χ1v) is 6.37. The molecule has 0 aliphatic heterocycles. The summed E-state index contributed by atoms with van der Waals surface area (Å²) in [7, 11) is 0. The molecule has 0 radical (unpaired) electrons. The van der Waals surface area contributed by atoms with Crippen LogP contribution in [0.1, 0.15) is 32.1 Å². The fourth-order valence-electron chi connectivity index (χ4n) is 1.90. The van der Waals surface area contributed by atoms with Crippen LogP contribution >= 0.6 is 34.8 Å². The highest BCUT2D eigenvalue weighted by molar-refractivity contribution is 6.76. The molecule has 1 unspecified atom stereocenters. The zero-order valence-electron chi connectivity index (χ0n) is 8.81. The Kier molecular flexibility index (Phi) is 5.24. The lowest BCUT2D eigenvalue weighted by molar-refractivity contribution is 0.140. The maximum absolute atomic E-state index is 7.48. The third kappa shape index (κ3) is 4.05. The molecule has 0 aromatic carbocycles. The fraction of sp³-hybridized carbons (Fsp3) is 0.727. The molecule has 1 N–H and O–H groups in total. The summed E-state index contributed by atoms with van der Waals surface area (Å²) >= 11 is 16.6. The van der Waals surface area contributed by atoms with Crippen molar-refractivity contribution in [2.45, 2.75) is 42.0 Å². The lowest BCUT2D eigenvalue weighted by atomic mass is 9.85. The van der Waals surface area contributed by atoms with E-state index in [2.05, 4.69) is 5.92 Å². The minimum Gasteiger partial charge on any atom is -0.461 e. The Balaban J connectivity index is 2.55. The van der Waals surface area contributed by atoms with E-state index in [0.717, 1.165) is 25.7 Å². The van der Waals surface area contributed by atoms with E-state index in [0.29, 0.717) is 0 Å². The predicted octanol–water partition coefficient (Wildman–Crippen LogP) is 3.93. The molecule has 1 atom stereocenters. The summed E-state index contributed by atoms with van der Waals surface area (Å²) in [5, 5.41) is 7.48. The van der Waals surface area contributed by atoms with Crippen molar-refractivity contribution in [2.75, 3.05) is 0 Å². The highest BCUT2D eigenvalue weighted by atomic mass is 35.6. The Morgan fingerprint density at radius 2 is 1.88 bits per heavy atom. The highest BCUT2D eigenvalue weighted by Crippen LogP contribution is 2.32. The van der Waals surface area contributed by atoms with Gasteiger partial charge in [0.15, 0.2) is 6.10 Å². The molecule has 5 heteroatoms. The third-order valence-corrected chi connectivity index (χ3v) is 3.26. The summed E-state index contributed by atoms with van der Waals surface area (Å²) in [5.41, 5.74) is 0. The van der Waals surface area contributed by atoms with Gasteiger partial charge in [0.1, 0.15) is 0 Å². The van der Waals surface area contributed by atoms with Crippen LogP contribution in [0.3, 0.4) is 0 Å². The van der Waals surface area contributed by atoms with Crippen LogP contribution in [0.4, 0.5) is 0 Å². The smallest absolute Gasteiger partial charge is 0.265 e. The fourth-order valence-corrected chi connectivity index (χ4v) is 2.03. The minimum absolute atomic E-state index is 0.270. The number of hydrogen-bond acceptors (Lipinski definition) is 2. The molecule has 16 heavy (non-hydrogen) atoms. The number of halogens is 3. The lowest BCUT2D eigenvalue weighted by Gasteiger charge is -2.28. The van der Waals surface area contributed by atoms with Gasteiger partial charge in [-0.15, -0.1) is 6.42 Å². The van der Waals surface area contributed by atoms with Crippen molar-refractivity contribution in [3.8, 4) is 12.3 Å². The summed E-state index contributed by atoms with van der Waals surface area (Å²) in [6.07, 6.45) is 10.5. The van der Waals surface area contributed by atoms with Crippen LogP contribution in [-0.4, -0.2) is 15.8 Å². The molecule has 0 amide bonds. The van der Waals surface area contributed by atoms with Crippen LogP contribution in [0.25, 0.3) is 0 Å². The van der Waals surface area contributed by atoms with Crippen molar-refractivity contribution >= 4 is 40.7 Å². The van der Waals surface area contributed by atoms with Crippen LogP contribution < -0.4 is 0 Å². The first kappa shape index (κ1) is 14.0. The second kappa shape index (κ2) is 6.00. The van der Waals surface area contributed by atoms with Crippen LogP contribution in [-0.2, 0) is 4.74 Å². The molecular weight excluding hydrogens is 268 g/mol. The topological polar surface area (TPSA) is 33.1 Å². The predicted molar refractivity (Wildman–Crippen MR) is 68.3 cm³/mol. The Morgan fingerprint density at radius 3 is 2.31 bits per heavy atom. The molecule has 1 rings (SSSR count). The van der Waals surface area contributed by atoms with Gasteiger partial charge in [0.25, 0.3) is 3.79 Å². The van der Waals surface area contributed by atoms with E-state index >= 15 is 0 Å². The highest BCUT2D eigenvalue weighted by Gasteiger charge is 2.33. The number of nitrogens with one attached hydrogen (secondary N) is 1. The average molecular weight is 283 g/mol. The number of rotatable bonds is 2. The Labute approximate surface area is 111 Å². The van der Waals surface area contributed by atoms with Crippen molar-refractivity contribution in [1.29, 1.82) is 5.41 Å². The monoisotopic (exact) mass is 281 g/mol. The van der Waals surface area contributed by atoms with Crippen molar-refractivity contribution in [3.05, 3.63) is 0 Å². The second-order valence-corrected chi connectivity index (χ2v) is 6.21. The van der Waals surface area contributed by atoms with Crippen LogP contribution in [0.15, 0.2) is 0 Å². The number of hydrogen-bond donors (Lipinski definition) is 1. The molecular formula is C11H14Cl3NO. The number of alkyl halides is 3. The molecule has 0 aromatic heterocycles. The first-order valence-electron chi connectivity index (χ1n) is 5.23. The second-order valence-electron chi connectivity index (χ2n) is 3.93. The zero-order chi connectivity index (χ0) is 12.2. The lowest BCUT2D eigenvalue weighted by Crippen LogP contribution is -2.32. The Morgan fingerprint density at radius 1 is 1.31 bits per heavy atom. The zero-order valence-corrected chi connectivity index (χ0v) is 11.1. The molecule has 0 saturated heterocycles. The normalized spacial score (nSPS) is 19.9. The first-order chi connectivity index (χ1) is 7.45. The molecule has 1 aliphatic rings. The van der Waals surface area contributed by atoms with Gasteiger partial charge in [0.2, 0.25) is 5.90 Å². The maximum atomic E-state index is 7.48. The summed E-state index contributed by atoms with van der Waals surface area (Å²) < 4.78 is 3.43. The third-order valence-electron chi connectivity index (χ3n) is 2.74. The van der Waals surface area contributed by atoms with Crippen molar-refractivity contribution in [1.82, 2.24) is 0 Å². The molecule has 1 saturated carbocycles. The number of ether oxygens (including phenoxy) is 1. The number of terminal acetylenes is 1. The molecule has 1 aliphatic carbocycles. The molecule has 0 heterocycles. The average Bonchev–Trinajstić information content (AvgIpc) is 2.25. The standard InChI is InChI=1S/C11H14Cl3NO/c1-2-9(8-6-4-3-5-7-8)16-10(15)11(12,13)14/h1,8-9,15H,3-7H2. The summed E-state index contributed by atoms with van der Waals surface area (Å²) in [4.78, 5) is 0. The molecule has 2 nitrogen and oxygen atoms in total. The van der Waals surface area contributed by atoms with Crippen LogP contribution in [0, 0.1) is 23.7 Å². The van der Waals surface area contributed by atoms with E-state index in [1.54, 1.807) is 0 Å². The molecule has 1 fully saturated rings. The molecule has 0 bridgehead atoms. The van der Waals surface area contributed by atoms with E-state index in [1.807, 2.05) is 0 Å². The summed E-state index contributed by atoms with van der Waals surface area (Å²) in [6, 6.07) is 0. The van der Waals surface area contributed by atoms with E-state index < -0.39 is 15.8 Å². The van der Waals surface area contributed by atoms with Gasteiger partial charge in [-0.2, -0.15) is 0 Å². The van der Waals surface area contributed by atoms with Gasteiger partial charge in [0, 0.05) is 5.92 Å². The van der Waals surface area contributed by atoms with E-state index in [1.165, 1.54) is 6.42 Å². The van der Waals surface area contributed by atoms with Crippen molar-refractivity contribution in [2.24, 2.45) is 5.92 Å². The maximum Gasteiger partial charge on any atom is 0.265 e. The van der Waals surface area contributed by atoms with Crippen LogP contribution in [0.2, 0.25) is 0 Å². The van der Waals surface area contributed by atoms with Gasteiger partial charge >= 0.3 is 0 Å². The van der Waals surface area contributed by atoms with Gasteiger partial charge in [0.05, 0.1) is 0 Å². The van der Waals surface area contributed by atoms with Crippen molar-refractivity contribution in [3.63, 3.8) is 0 Å². The quantitative estimate of drug-likeness (QED) is 0.354. The van der Waals surface area contributed by atoms with Gasteiger partial charge in [-0.05, 0) is 12.8 Å². The Bertz CT molecular complexity index is 287. The van der Waals surface area contributed by atoms with Gasteiger partial charge in [-0.3, -0.25) is 5.41 Å². The van der Waals surface area contributed by atoms with E-state index in [4.69, 9.17) is 51.4 Å². The molecule has 0 spiro atoms. The SMILES string of the molecule is C#CC(OC(=N)C(Cl)(Cl)Cl)C1CCCCC1. The largest absolute Gasteiger partial charge is 0.461 e. The van der Waals surface area contributed by atoms with E-state index in [-0.39, 0.29) is 5.92 Å². The minimum atomic E-state index is -1.83. The summed E-state index contributed by atoms with van der Waals surface area (Å²) in [5.74, 6) is 2.41. The van der Waals surface area contributed by atoms with Crippen LogP contribution in [0.5, 0.6) is 0 Å². The summed E-state index contributed by atoms with van der Waals surface area (Å²) in [6.45, 7) is 0. The van der Waals surface area contributed by atoms with Gasteiger partial charge in [-0.1, -0.05) is 60.0 Å². The molecule has 90 valence electrons. The Hall–Kier alpha value is -0.100. The van der Waals surface area contributed by atoms with Crippen molar-refractivity contribution < 1.29 is 4.74 Å². The van der Waals surface area contributed by atoms with E-state index in [9.17, 15) is 0 Å². The molecule has 0 aromatic rings. The van der Waals surface area contributed by atoms with Gasteiger partial charge < -0.3 is 4.74 Å². The van der Waals surface area contributed by atoms with Gasteiger partial charge in [-0.25, -0.2) is 0 Å².